The molecule has 0 saturated carbocycles. The van der Waals surface area contributed by atoms with Crippen LogP contribution in [0.3, 0.4) is 0 Å². The van der Waals surface area contributed by atoms with Gasteiger partial charge in [-0.05, 0) is 29.8 Å². The lowest BCUT2D eigenvalue weighted by molar-refractivity contribution is -0.119. The third-order valence-corrected chi connectivity index (χ3v) is 4.25. The Hall–Kier alpha value is -2.60. The molecule has 0 spiro atoms. The maximum Gasteiger partial charge on any atom is 0.268 e. The SMILES string of the molecule is NC(=O)[C@H](Cc1ccccc1)NC(=O)c1cc2cc(Br)ccc2[nH]1. The summed E-state index contributed by atoms with van der Waals surface area (Å²) in [7, 11) is 0. The van der Waals surface area contributed by atoms with Crippen molar-refractivity contribution >= 4 is 38.6 Å². The fraction of sp³-hybridized carbons (Fsp3) is 0.111. The second-order valence-electron chi connectivity index (χ2n) is 5.53. The van der Waals surface area contributed by atoms with Crippen molar-refractivity contribution in [1.29, 1.82) is 0 Å². The quantitative estimate of drug-likeness (QED) is 0.630. The molecule has 0 unspecified atom stereocenters. The molecular formula is C18H16BrN3O2. The van der Waals surface area contributed by atoms with E-state index in [4.69, 9.17) is 5.73 Å². The molecule has 4 N–H and O–H groups in total. The first-order valence-corrected chi connectivity index (χ1v) is 8.24. The van der Waals surface area contributed by atoms with Crippen LogP contribution in [0.5, 0.6) is 0 Å². The Kier molecular flexibility index (Phi) is 4.66. The Balaban J connectivity index is 1.78. The molecule has 1 heterocycles. The Labute approximate surface area is 147 Å². The second kappa shape index (κ2) is 6.88. The molecule has 24 heavy (non-hydrogen) atoms. The van der Waals surface area contributed by atoms with Gasteiger partial charge >= 0.3 is 0 Å². The van der Waals surface area contributed by atoms with Crippen molar-refractivity contribution in [3.05, 3.63) is 70.3 Å². The number of fused-ring (bicyclic) bond motifs is 1. The van der Waals surface area contributed by atoms with E-state index in [0.717, 1.165) is 20.9 Å². The van der Waals surface area contributed by atoms with Gasteiger partial charge in [-0.3, -0.25) is 9.59 Å². The molecule has 3 aromatic rings. The Bertz CT molecular complexity index is 890. The summed E-state index contributed by atoms with van der Waals surface area (Å²) in [6.45, 7) is 0. The summed E-state index contributed by atoms with van der Waals surface area (Å²) in [5.74, 6) is -0.923. The van der Waals surface area contributed by atoms with Gasteiger partial charge in [0.2, 0.25) is 5.91 Å². The molecule has 2 amide bonds. The summed E-state index contributed by atoms with van der Waals surface area (Å²) in [6.07, 6.45) is 0.355. The van der Waals surface area contributed by atoms with E-state index in [-0.39, 0.29) is 5.91 Å². The molecule has 0 radical (unpaired) electrons. The van der Waals surface area contributed by atoms with Crippen LogP contribution in [0, 0.1) is 0 Å². The van der Waals surface area contributed by atoms with E-state index in [9.17, 15) is 9.59 Å². The van der Waals surface area contributed by atoms with Gasteiger partial charge in [0.05, 0.1) is 0 Å². The predicted molar refractivity (Wildman–Crippen MR) is 96.6 cm³/mol. The zero-order valence-corrected chi connectivity index (χ0v) is 14.3. The van der Waals surface area contributed by atoms with E-state index in [1.54, 1.807) is 6.07 Å². The smallest absolute Gasteiger partial charge is 0.268 e. The molecule has 0 aliphatic carbocycles. The van der Waals surface area contributed by atoms with Crippen LogP contribution < -0.4 is 11.1 Å². The van der Waals surface area contributed by atoms with Gasteiger partial charge in [0.1, 0.15) is 11.7 Å². The van der Waals surface area contributed by atoms with Gasteiger partial charge in [0.15, 0.2) is 0 Å². The minimum absolute atomic E-state index is 0.355. The number of aromatic nitrogens is 1. The standard InChI is InChI=1S/C18H16BrN3O2/c19-13-6-7-14-12(9-13)10-16(21-14)18(24)22-15(17(20)23)8-11-4-2-1-3-5-11/h1-7,9-10,15,21H,8H2,(H2,20,23)(H,22,24)/t15-/m0/s1. The van der Waals surface area contributed by atoms with Crippen LogP contribution in [0.25, 0.3) is 10.9 Å². The fourth-order valence-corrected chi connectivity index (χ4v) is 2.91. The first-order chi connectivity index (χ1) is 11.5. The number of amides is 2. The van der Waals surface area contributed by atoms with Crippen LogP contribution >= 0.6 is 15.9 Å². The molecule has 0 saturated heterocycles. The average molecular weight is 386 g/mol. The summed E-state index contributed by atoms with van der Waals surface area (Å²) in [4.78, 5) is 27.2. The van der Waals surface area contributed by atoms with E-state index in [1.165, 1.54) is 0 Å². The maximum atomic E-state index is 12.4. The highest BCUT2D eigenvalue weighted by Gasteiger charge is 2.20. The number of carbonyl (C=O) groups excluding carboxylic acids is 2. The number of benzene rings is 2. The summed E-state index contributed by atoms with van der Waals surface area (Å²) in [6, 6.07) is 16.1. The Morgan fingerprint density at radius 2 is 1.88 bits per heavy atom. The van der Waals surface area contributed by atoms with E-state index >= 15 is 0 Å². The minimum Gasteiger partial charge on any atom is -0.368 e. The molecule has 0 bridgehead atoms. The minimum atomic E-state index is -0.766. The number of H-pyrrole nitrogens is 1. The number of aromatic amines is 1. The maximum absolute atomic E-state index is 12.4. The monoisotopic (exact) mass is 385 g/mol. The largest absolute Gasteiger partial charge is 0.368 e. The Morgan fingerprint density at radius 1 is 1.12 bits per heavy atom. The molecule has 0 fully saturated rings. The normalized spacial score (nSPS) is 12.0. The van der Waals surface area contributed by atoms with Gasteiger partial charge in [-0.25, -0.2) is 0 Å². The number of hydrogen-bond donors (Lipinski definition) is 3. The topological polar surface area (TPSA) is 88.0 Å². The zero-order valence-electron chi connectivity index (χ0n) is 12.8. The van der Waals surface area contributed by atoms with Gasteiger partial charge in [0.25, 0.3) is 5.91 Å². The van der Waals surface area contributed by atoms with Crippen molar-refractivity contribution in [2.75, 3.05) is 0 Å². The van der Waals surface area contributed by atoms with Crippen molar-refractivity contribution in [1.82, 2.24) is 10.3 Å². The highest BCUT2D eigenvalue weighted by molar-refractivity contribution is 9.10. The van der Waals surface area contributed by atoms with Crippen LogP contribution in [0.4, 0.5) is 0 Å². The van der Waals surface area contributed by atoms with E-state index in [1.807, 2.05) is 48.5 Å². The molecule has 122 valence electrons. The van der Waals surface area contributed by atoms with Crippen molar-refractivity contribution in [3.63, 3.8) is 0 Å². The van der Waals surface area contributed by atoms with Crippen LogP contribution in [-0.4, -0.2) is 22.8 Å². The zero-order chi connectivity index (χ0) is 17.1. The number of hydrogen-bond acceptors (Lipinski definition) is 2. The summed E-state index contributed by atoms with van der Waals surface area (Å²) >= 11 is 3.40. The van der Waals surface area contributed by atoms with Crippen LogP contribution in [-0.2, 0) is 11.2 Å². The van der Waals surface area contributed by atoms with Crippen molar-refractivity contribution < 1.29 is 9.59 Å². The van der Waals surface area contributed by atoms with Crippen LogP contribution in [0.15, 0.2) is 59.1 Å². The molecular weight excluding hydrogens is 370 g/mol. The number of primary amides is 1. The lowest BCUT2D eigenvalue weighted by Gasteiger charge is -2.15. The predicted octanol–water partition coefficient (Wildman–Crippen LogP) is 2.76. The first-order valence-electron chi connectivity index (χ1n) is 7.45. The highest BCUT2D eigenvalue weighted by atomic mass is 79.9. The number of rotatable bonds is 5. The van der Waals surface area contributed by atoms with Gasteiger partial charge in [0, 0.05) is 21.8 Å². The second-order valence-corrected chi connectivity index (χ2v) is 6.45. The number of nitrogens with one attached hydrogen (secondary N) is 2. The molecule has 1 atom stereocenters. The van der Waals surface area contributed by atoms with E-state index in [0.29, 0.717) is 12.1 Å². The van der Waals surface area contributed by atoms with Gasteiger partial charge in [-0.15, -0.1) is 0 Å². The van der Waals surface area contributed by atoms with Crippen molar-refractivity contribution in [3.8, 4) is 0 Å². The number of carbonyl (C=O) groups is 2. The summed E-state index contributed by atoms with van der Waals surface area (Å²) < 4.78 is 0.931. The number of nitrogens with two attached hydrogens (primary N) is 1. The Morgan fingerprint density at radius 3 is 2.58 bits per heavy atom. The van der Waals surface area contributed by atoms with Crippen LogP contribution in [0.1, 0.15) is 16.1 Å². The third kappa shape index (κ3) is 3.65. The molecule has 0 aliphatic heterocycles. The van der Waals surface area contributed by atoms with E-state index < -0.39 is 11.9 Å². The lowest BCUT2D eigenvalue weighted by atomic mass is 10.1. The average Bonchev–Trinajstić information content (AvgIpc) is 2.98. The highest BCUT2D eigenvalue weighted by Crippen LogP contribution is 2.20. The molecule has 2 aromatic carbocycles. The molecule has 5 nitrogen and oxygen atoms in total. The fourth-order valence-electron chi connectivity index (χ4n) is 2.53. The molecule has 3 rings (SSSR count). The van der Waals surface area contributed by atoms with Gasteiger partial charge < -0.3 is 16.0 Å². The first kappa shape index (κ1) is 16.3. The van der Waals surface area contributed by atoms with Gasteiger partial charge in [-0.1, -0.05) is 46.3 Å². The summed E-state index contributed by atoms with van der Waals surface area (Å²) in [5, 5.41) is 3.61. The third-order valence-electron chi connectivity index (χ3n) is 3.76. The van der Waals surface area contributed by atoms with Crippen molar-refractivity contribution in [2.24, 2.45) is 5.73 Å². The van der Waals surface area contributed by atoms with E-state index in [2.05, 4.69) is 26.2 Å². The van der Waals surface area contributed by atoms with Crippen molar-refractivity contribution in [2.45, 2.75) is 12.5 Å². The molecule has 0 aliphatic rings. The summed E-state index contributed by atoms with van der Waals surface area (Å²) in [5.41, 5.74) is 7.61. The lowest BCUT2D eigenvalue weighted by Crippen LogP contribution is -2.45. The molecule has 1 aromatic heterocycles. The number of halogens is 1. The molecule has 6 heteroatoms. The van der Waals surface area contributed by atoms with Crippen LogP contribution in [0.2, 0.25) is 0 Å². The van der Waals surface area contributed by atoms with Gasteiger partial charge in [-0.2, -0.15) is 0 Å².